The number of rotatable bonds is 6. The van der Waals surface area contributed by atoms with Crippen LogP contribution in [0.3, 0.4) is 0 Å². The summed E-state index contributed by atoms with van der Waals surface area (Å²) in [4.78, 5) is 12.4. The second-order valence-corrected chi connectivity index (χ2v) is 5.85. The summed E-state index contributed by atoms with van der Waals surface area (Å²) in [6, 6.07) is 7.63. The molecule has 1 saturated heterocycles. The van der Waals surface area contributed by atoms with Crippen LogP contribution in [0.25, 0.3) is 10.9 Å². The van der Waals surface area contributed by atoms with Gasteiger partial charge in [0.2, 0.25) is 0 Å². The van der Waals surface area contributed by atoms with E-state index in [1.54, 1.807) is 4.68 Å². The topological polar surface area (TPSA) is 89.0 Å². The highest BCUT2D eigenvalue weighted by Crippen LogP contribution is 2.22. The third kappa shape index (κ3) is 2.87. The van der Waals surface area contributed by atoms with Gasteiger partial charge in [-0.3, -0.25) is 9.89 Å². The molecular weight excluding hydrogens is 294 g/mol. The summed E-state index contributed by atoms with van der Waals surface area (Å²) < 4.78 is 7.14. The second-order valence-electron chi connectivity index (χ2n) is 5.85. The number of epoxide rings is 1. The molecule has 3 aromatic rings. The Balaban J connectivity index is 1.39. The van der Waals surface area contributed by atoms with Crippen LogP contribution in [-0.2, 0) is 17.7 Å². The predicted molar refractivity (Wildman–Crippen MR) is 83.1 cm³/mol. The number of para-hydroxylation sites is 1. The number of aromatic amines is 1. The number of aromatic nitrogens is 5. The predicted octanol–water partition coefficient (Wildman–Crippen LogP) is 1.76. The second kappa shape index (κ2) is 5.58. The molecule has 1 aliphatic rings. The van der Waals surface area contributed by atoms with Crippen LogP contribution in [0, 0.1) is 0 Å². The first kappa shape index (κ1) is 14.1. The van der Waals surface area contributed by atoms with E-state index in [0.717, 1.165) is 16.6 Å². The van der Waals surface area contributed by atoms with Crippen LogP contribution < -0.4 is 0 Å². The fraction of sp³-hybridized carbons (Fsp3) is 0.375. The van der Waals surface area contributed by atoms with Gasteiger partial charge in [0.05, 0.1) is 23.9 Å². The number of H-pyrrole nitrogens is 1. The van der Waals surface area contributed by atoms with Crippen molar-refractivity contribution in [3.63, 3.8) is 0 Å². The minimum Gasteiger partial charge on any atom is -0.368 e. The average Bonchev–Trinajstić information content (AvgIpc) is 2.95. The van der Waals surface area contributed by atoms with Crippen molar-refractivity contribution < 1.29 is 9.53 Å². The lowest BCUT2D eigenvalue weighted by molar-refractivity contribution is 0.0979. The van der Waals surface area contributed by atoms with Crippen LogP contribution in [0.4, 0.5) is 0 Å². The molecule has 1 N–H and O–H groups in total. The highest BCUT2D eigenvalue weighted by atomic mass is 16.6. The number of hydrogen-bond acceptors (Lipinski definition) is 5. The zero-order valence-electron chi connectivity index (χ0n) is 12.8. The molecule has 4 rings (SSSR count). The van der Waals surface area contributed by atoms with Crippen LogP contribution in [0.15, 0.2) is 30.5 Å². The van der Waals surface area contributed by atoms with E-state index in [0.29, 0.717) is 31.2 Å². The quantitative estimate of drug-likeness (QED) is 0.553. The standard InChI is InChI=1S/C16H17N5O2/c1-10-15(23-10)9-21-8-11(17-20-21)6-7-14(22)16-12-4-2-3-5-13(12)18-19-16/h2-5,8,10,15H,6-7,9H2,1H3,(H,18,19). The number of ether oxygens (including phenoxy) is 1. The molecule has 1 aromatic carbocycles. The molecule has 0 spiro atoms. The lowest BCUT2D eigenvalue weighted by Gasteiger charge is -1.96. The molecule has 1 aliphatic heterocycles. The SMILES string of the molecule is CC1OC1Cn1cc(CCC(=O)c2n[nH]c3ccccc23)nn1. The molecule has 0 bridgehead atoms. The van der Waals surface area contributed by atoms with E-state index in [1.165, 1.54) is 0 Å². The van der Waals surface area contributed by atoms with Gasteiger partial charge in [0.15, 0.2) is 5.78 Å². The Labute approximate surface area is 132 Å². The van der Waals surface area contributed by atoms with Gasteiger partial charge in [0.25, 0.3) is 0 Å². The van der Waals surface area contributed by atoms with Gasteiger partial charge in [0.1, 0.15) is 11.8 Å². The summed E-state index contributed by atoms with van der Waals surface area (Å²) >= 11 is 0. The maximum atomic E-state index is 12.4. The molecule has 0 amide bonds. The Bertz CT molecular complexity index is 853. The van der Waals surface area contributed by atoms with Crippen LogP contribution in [-0.4, -0.2) is 43.2 Å². The van der Waals surface area contributed by atoms with Gasteiger partial charge in [-0.25, -0.2) is 4.68 Å². The van der Waals surface area contributed by atoms with Gasteiger partial charge >= 0.3 is 0 Å². The molecule has 0 radical (unpaired) electrons. The fourth-order valence-corrected chi connectivity index (χ4v) is 2.68. The van der Waals surface area contributed by atoms with Gasteiger partial charge < -0.3 is 4.74 Å². The van der Waals surface area contributed by atoms with E-state index in [-0.39, 0.29) is 11.9 Å². The number of benzene rings is 1. The summed E-state index contributed by atoms with van der Waals surface area (Å²) in [6.07, 6.45) is 3.34. The number of carbonyl (C=O) groups excluding carboxylic acids is 1. The van der Waals surface area contributed by atoms with Crippen LogP contribution in [0.5, 0.6) is 0 Å². The minimum atomic E-state index is 0.0103. The maximum Gasteiger partial charge on any atom is 0.184 e. The highest BCUT2D eigenvalue weighted by molar-refractivity contribution is 6.05. The summed E-state index contributed by atoms with van der Waals surface area (Å²) in [6.45, 7) is 2.75. The van der Waals surface area contributed by atoms with E-state index in [1.807, 2.05) is 37.4 Å². The van der Waals surface area contributed by atoms with Gasteiger partial charge in [0, 0.05) is 24.4 Å². The molecule has 2 unspecified atom stereocenters. The maximum absolute atomic E-state index is 12.4. The van der Waals surface area contributed by atoms with Crippen molar-refractivity contribution in [3.8, 4) is 0 Å². The summed E-state index contributed by atoms with van der Waals surface area (Å²) in [5.74, 6) is 0.0103. The molecule has 0 saturated carbocycles. The third-order valence-corrected chi connectivity index (χ3v) is 4.13. The van der Waals surface area contributed by atoms with Crippen molar-refractivity contribution in [2.45, 2.75) is 38.5 Å². The van der Waals surface area contributed by atoms with Crippen molar-refractivity contribution in [3.05, 3.63) is 41.9 Å². The zero-order valence-corrected chi connectivity index (χ0v) is 12.8. The number of ketones is 1. The molecule has 118 valence electrons. The number of fused-ring (bicyclic) bond motifs is 1. The first-order valence-electron chi connectivity index (χ1n) is 7.71. The highest BCUT2D eigenvalue weighted by Gasteiger charge is 2.34. The first-order valence-corrected chi connectivity index (χ1v) is 7.71. The number of hydrogen-bond donors (Lipinski definition) is 1. The smallest absolute Gasteiger partial charge is 0.184 e. The molecule has 2 atom stereocenters. The van der Waals surface area contributed by atoms with Crippen molar-refractivity contribution >= 4 is 16.7 Å². The monoisotopic (exact) mass is 311 g/mol. The number of nitrogens with zero attached hydrogens (tertiary/aromatic N) is 4. The number of aryl methyl sites for hydroxylation is 1. The number of nitrogens with one attached hydrogen (secondary N) is 1. The van der Waals surface area contributed by atoms with Gasteiger partial charge in [-0.2, -0.15) is 5.10 Å². The largest absolute Gasteiger partial charge is 0.368 e. The Morgan fingerprint density at radius 3 is 3.04 bits per heavy atom. The van der Waals surface area contributed by atoms with E-state index >= 15 is 0 Å². The van der Waals surface area contributed by atoms with Gasteiger partial charge in [-0.05, 0) is 13.0 Å². The molecule has 7 nitrogen and oxygen atoms in total. The van der Waals surface area contributed by atoms with Crippen LogP contribution in [0.1, 0.15) is 29.5 Å². The van der Waals surface area contributed by atoms with Crippen LogP contribution in [0.2, 0.25) is 0 Å². The van der Waals surface area contributed by atoms with E-state index in [4.69, 9.17) is 4.74 Å². The molecule has 2 aromatic heterocycles. The van der Waals surface area contributed by atoms with Crippen molar-refractivity contribution in [1.82, 2.24) is 25.2 Å². The van der Waals surface area contributed by atoms with Crippen LogP contribution >= 0.6 is 0 Å². The summed E-state index contributed by atoms with van der Waals surface area (Å²) in [7, 11) is 0. The van der Waals surface area contributed by atoms with Crippen molar-refractivity contribution in [1.29, 1.82) is 0 Å². The molecule has 7 heteroatoms. The van der Waals surface area contributed by atoms with E-state index in [2.05, 4.69) is 20.5 Å². The molecule has 1 fully saturated rings. The molecule has 23 heavy (non-hydrogen) atoms. The third-order valence-electron chi connectivity index (χ3n) is 4.13. The lowest BCUT2D eigenvalue weighted by Crippen LogP contribution is -2.06. The van der Waals surface area contributed by atoms with Crippen molar-refractivity contribution in [2.75, 3.05) is 0 Å². The van der Waals surface area contributed by atoms with Crippen molar-refractivity contribution in [2.24, 2.45) is 0 Å². The molecule has 3 heterocycles. The minimum absolute atomic E-state index is 0.0103. The lowest BCUT2D eigenvalue weighted by atomic mass is 10.1. The molecular formula is C16H17N5O2. The normalized spacial score (nSPS) is 20.0. The van der Waals surface area contributed by atoms with E-state index < -0.39 is 0 Å². The van der Waals surface area contributed by atoms with Gasteiger partial charge in [-0.1, -0.05) is 23.4 Å². The van der Waals surface area contributed by atoms with Gasteiger partial charge in [-0.15, -0.1) is 5.10 Å². The average molecular weight is 311 g/mol. The zero-order chi connectivity index (χ0) is 15.8. The summed E-state index contributed by atoms with van der Waals surface area (Å²) in [5.41, 5.74) is 2.18. The number of Topliss-reactive ketones (excluding diaryl/α,β-unsaturated/α-hetero) is 1. The summed E-state index contributed by atoms with van der Waals surface area (Å²) in [5, 5.41) is 16.1. The Morgan fingerprint density at radius 2 is 2.22 bits per heavy atom. The number of carbonyl (C=O) groups is 1. The Morgan fingerprint density at radius 1 is 1.39 bits per heavy atom. The Hall–Kier alpha value is -2.54. The molecule has 0 aliphatic carbocycles. The fourth-order valence-electron chi connectivity index (χ4n) is 2.68. The van der Waals surface area contributed by atoms with E-state index in [9.17, 15) is 4.79 Å². The Kier molecular flexibility index (Phi) is 3.42. The first-order chi connectivity index (χ1) is 11.2.